The van der Waals surface area contributed by atoms with E-state index in [-0.39, 0.29) is 23.3 Å². The van der Waals surface area contributed by atoms with Gasteiger partial charge in [-0.1, -0.05) is 35.9 Å². The number of ether oxygens (including phenoxy) is 2. The van der Waals surface area contributed by atoms with E-state index in [1.54, 1.807) is 0 Å². The molecule has 31 heavy (non-hydrogen) atoms. The van der Waals surface area contributed by atoms with E-state index in [1.807, 2.05) is 43.3 Å². The minimum atomic E-state index is -0.196. The monoisotopic (exact) mass is 443 g/mol. The van der Waals surface area contributed by atoms with Crippen LogP contribution in [0.15, 0.2) is 48.5 Å². The molecule has 7 heteroatoms. The minimum absolute atomic E-state index is 0.0502. The van der Waals surface area contributed by atoms with Crippen LogP contribution in [-0.2, 0) is 14.9 Å². The second-order valence-electron chi connectivity index (χ2n) is 8.23. The Morgan fingerprint density at radius 1 is 1.16 bits per heavy atom. The highest BCUT2D eigenvalue weighted by Crippen LogP contribution is 2.35. The number of rotatable bonds is 7. The van der Waals surface area contributed by atoms with Crippen molar-refractivity contribution in [2.75, 3.05) is 32.9 Å². The van der Waals surface area contributed by atoms with Crippen LogP contribution in [0.5, 0.6) is 5.75 Å². The van der Waals surface area contributed by atoms with Crippen molar-refractivity contribution in [1.82, 2.24) is 16.2 Å². The van der Waals surface area contributed by atoms with Crippen LogP contribution < -0.4 is 20.9 Å². The van der Waals surface area contributed by atoms with E-state index in [0.29, 0.717) is 37.9 Å². The van der Waals surface area contributed by atoms with Crippen molar-refractivity contribution < 1.29 is 14.3 Å². The van der Waals surface area contributed by atoms with E-state index < -0.39 is 0 Å². The molecule has 0 radical (unpaired) electrons. The van der Waals surface area contributed by atoms with Crippen molar-refractivity contribution >= 4 is 17.5 Å². The summed E-state index contributed by atoms with van der Waals surface area (Å²) in [5, 5.41) is 3.94. The average molecular weight is 444 g/mol. The lowest BCUT2D eigenvalue weighted by Gasteiger charge is -2.38. The maximum absolute atomic E-state index is 13.2. The standard InChI is InChI=1S/C24H30ClN3O3/c1-2-31-20-9-5-18(6-10-20)24(11-13-30-14-12-24)16-26-23(29)21-15-27-28-22(21)17-3-7-19(25)8-4-17/h3-10,21-22,27-28H,2,11-16H2,1H3,(H,26,29). The Labute approximate surface area is 188 Å². The fourth-order valence-electron chi connectivity index (χ4n) is 4.52. The first-order valence-corrected chi connectivity index (χ1v) is 11.3. The molecule has 2 heterocycles. The normalized spacial score (nSPS) is 22.8. The molecule has 6 nitrogen and oxygen atoms in total. The molecule has 4 rings (SSSR count). The van der Waals surface area contributed by atoms with Gasteiger partial charge in [0.05, 0.1) is 18.6 Å². The molecule has 2 atom stereocenters. The molecule has 0 aliphatic carbocycles. The van der Waals surface area contributed by atoms with Crippen molar-refractivity contribution in [2.24, 2.45) is 5.92 Å². The lowest BCUT2D eigenvalue weighted by molar-refractivity contribution is -0.125. The quantitative estimate of drug-likeness (QED) is 0.612. The van der Waals surface area contributed by atoms with Crippen LogP contribution >= 0.6 is 11.6 Å². The zero-order valence-corrected chi connectivity index (χ0v) is 18.6. The highest BCUT2D eigenvalue weighted by molar-refractivity contribution is 6.30. The van der Waals surface area contributed by atoms with Crippen molar-refractivity contribution in [3.05, 3.63) is 64.7 Å². The summed E-state index contributed by atoms with van der Waals surface area (Å²) in [6.07, 6.45) is 1.76. The number of hydrogen-bond acceptors (Lipinski definition) is 5. The predicted molar refractivity (Wildman–Crippen MR) is 121 cm³/mol. The molecule has 2 aromatic rings. The highest BCUT2D eigenvalue weighted by atomic mass is 35.5. The van der Waals surface area contributed by atoms with E-state index in [0.717, 1.165) is 24.2 Å². The summed E-state index contributed by atoms with van der Waals surface area (Å²) in [5.41, 5.74) is 8.50. The van der Waals surface area contributed by atoms with E-state index in [4.69, 9.17) is 21.1 Å². The highest BCUT2D eigenvalue weighted by Gasteiger charge is 2.38. The minimum Gasteiger partial charge on any atom is -0.494 e. The summed E-state index contributed by atoms with van der Waals surface area (Å²) in [5.74, 6) is 0.721. The third-order valence-electron chi connectivity index (χ3n) is 6.38. The molecule has 166 valence electrons. The van der Waals surface area contributed by atoms with Gasteiger partial charge in [-0.05, 0) is 55.2 Å². The summed E-state index contributed by atoms with van der Waals surface area (Å²) >= 11 is 6.02. The number of carbonyl (C=O) groups excluding carboxylic acids is 1. The van der Waals surface area contributed by atoms with Crippen LogP contribution in [0.3, 0.4) is 0 Å². The van der Waals surface area contributed by atoms with Crippen molar-refractivity contribution in [3.8, 4) is 5.75 Å². The average Bonchev–Trinajstić information content (AvgIpc) is 3.29. The van der Waals surface area contributed by atoms with Gasteiger partial charge in [0.15, 0.2) is 0 Å². The van der Waals surface area contributed by atoms with Crippen LogP contribution in [0.2, 0.25) is 5.02 Å². The van der Waals surface area contributed by atoms with Gasteiger partial charge in [0, 0.05) is 36.7 Å². The van der Waals surface area contributed by atoms with Gasteiger partial charge in [-0.25, -0.2) is 5.43 Å². The van der Waals surface area contributed by atoms with Gasteiger partial charge in [-0.2, -0.15) is 0 Å². The van der Waals surface area contributed by atoms with Gasteiger partial charge in [0.25, 0.3) is 0 Å². The Morgan fingerprint density at radius 3 is 2.55 bits per heavy atom. The van der Waals surface area contributed by atoms with Crippen LogP contribution in [-0.4, -0.2) is 38.8 Å². The second-order valence-corrected chi connectivity index (χ2v) is 8.67. The van der Waals surface area contributed by atoms with Gasteiger partial charge in [0.1, 0.15) is 5.75 Å². The van der Waals surface area contributed by atoms with Gasteiger partial charge >= 0.3 is 0 Å². The number of benzene rings is 2. The molecule has 2 aliphatic rings. The summed E-state index contributed by atoms with van der Waals surface area (Å²) in [7, 11) is 0. The molecular weight excluding hydrogens is 414 g/mol. The SMILES string of the molecule is CCOc1ccc(C2(CNC(=O)C3CNNC3c3ccc(Cl)cc3)CCOCC2)cc1. The van der Waals surface area contributed by atoms with Crippen molar-refractivity contribution in [1.29, 1.82) is 0 Å². The summed E-state index contributed by atoms with van der Waals surface area (Å²) in [6, 6.07) is 15.8. The first-order chi connectivity index (χ1) is 15.1. The number of halogens is 1. The van der Waals surface area contributed by atoms with Gasteiger partial charge < -0.3 is 14.8 Å². The maximum atomic E-state index is 13.2. The maximum Gasteiger partial charge on any atom is 0.226 e. The third kappa shape index (κ3) is 5.04. The fourth-order valence-corrected chi connectivity index (χ4v) is 4.64. The van der Waals surface area contributed by atoms with Crippen LogP contribution in [0.1, 0.15) is 36.9 Å². The Bertz CT molecular complexity index is 867. The number of carbonyl (C=O) groups is 1. The Balaban J connectivity index is 1.46. The van der Waals surface area contributed by atoms with E-state index in [9.17, 15) is 4.79 Å². The molecule has 2 aromatic carbocycles. The van der Waals surface area contributed by atoms with Crippen molar-refractivity contribution in [2.45, 2.75) is 31.2 Å². The molecule has 0 bridgehead atoms. The fraction of sp³-hybridized carbons (Fsp3) is 0.458. The zero-order chi connectivity index (χ0) is 21.7. The molecule has 2 fully saturated rings. The van der Waals surface area contributed by atoms with Crippen LogP contribution in [0, 0.1) is 5.92 Å². The molecule has 0 aromatic heterocycles. The number of hydrazine groups is 1. The molecule has 0 spiro atoms. The molecule has 3 N–H and O–H groups in total. The van der Waals surface area contributed by atoms with Gasteiger partial charge in [0.2, 0.25) is 5.91 Å². The number of hydrogen-bond donors (Lipinski definition) is 3. The molecule has 1 amide bonds. The summed E-state index contributed by atoms with van der Waals surface area (Å²) in [6.45, 7) is 5.19. The molecule has 0 saturated carbocycles. The molecule has 2 unspecified atom stereocenters. The Morgan fingerprint density at radius 2 is 1.87 bits per heavy atom. The lowest BCUT2D eigenvalue weighted by Crippen LogP contribution is -2.46. The molecular formula is C24H30ClN3O3. The number of nitrogens with one attached hydrogen (secondary N) is 3. The smallest absolute Gasteiger partial charge is 0.226 e. The Hall–Kier alpha value is -2.12. The van der Waals surface area contributed by atoms with E-state index >= 15 is 0 Å². The topological polar surface area (TPSA) is 71.6 Å². The third-order valence-corrected chi connectivity index (χ3v) is 6.63. The van der Waals surface area contributed by atoms with Gasteiger partial charge in [-0.15, -0.1) is 0 Å². The second kappa shape index (κ2) is 10.0. The van der Waals surface area contributed by atoms with Crippen molar-refractivity contribution in [3.63, 3.8) is 0 Å². The Kier molecular flexibility index (Phi) is 7.13. The van der Waals surface area contributed by atoms with Crippen LogP contribution in [0.4, 0.5) is 0 Å². The van der Waals surface area contributed by atoms with Crippen LogP contribution in [0.25, 0.3) is 0 Å². The van der Waals surface area contributed by atoms with E-state index in [2.05, 4.69) is 28.3 Å². The largest absolute Gasteiger partial charge is 0.494 e. The first-order valence-electron chi connectivity index (χ1n) is 10.9. The molecule has 2 aliphatic heterocycles. The zero-order valence-electron chi connectivity index (χ0n) is 17.8. The summed E-state index contributed by atoms with van der Waals surface area (Å²) < 4.78 is 11.2. The lowest BCUT2D eigenvalue weighted by atomic mass is 9.74. The summed E-state index contributed by atoms with van der Waals surface area (Å²) in [4.78, 5) is 13.2. The van der Waals surface area contributed by atoms with E-state index in [1.165, 1.54) is 5.56 Å². The number of amides is 1. The first kappa shape index (κ1) is 22.1. The van der Waals surface area contributed by atoms with Gasteiger partial charge in [-0.3, -0.25) is 10.2 Å². The predicted octanol–water partition coefficient (Wildman–Crippen LogP) is 3.37. The molecule has 2 saturated heterocycles.